The van der Waals surface area contributed by atoms with Gasteiger partial charge in [-0.3, -0.25) is 4.79 Å². The summed E-state index contributed by atoms with van der Waals surface area (Å²) >= 11 is 3.44. The second-order valence-electron chi connectivity index (χ2n) is 4.49. The summed E-state index contributed by atoms with van der Waals surface area (Å²) in [6.07, 6.45) is 1.28. The molecule has 1 N–H and O–H groups in total. The monoisotopic (exact) mass is 348 g/mol. The van der Waals surface area contributed by atoms with Crippen LogP contribution in [0.15, 0.2) is 47.1 Å². The highest BCUT2D eigenvalue weighted by atomic mass is 79.9. The van der Waals surface area contributed by atoms with Gasteiger partial charge >= 0.3 is 5.97 Å². The fourth-order valence-corrected chi connectivity index (χ4v) is 2.23. The molecule has 0 saturated heterocycles. The molecule has 0 aliphatic carbocycles. The van der Waals surface area contributed by atoms with Crippen LogP contribution in [-0.2, 0) is 6.54 Å². The summed E-state index contributed by atoms with van der Waals surface area (Å²) in [5.41, 5.74) is 1.26. The Labute approximate surface area is 130 Å². The molecule has 5 nitrogen and oxygen atoms in total. The van der Waals surface area contributed by atoms with Gasteiger partial charge in [-0.2, -0.15) is 0 Å². The first-order chi connectivity index (χ1) is 9.99. The maximum absolute atomic E-state index is 12.3. The molecule has 108 valence electrons. The summed E-state index contributed by atoms with van der Waals surface area (Å²) in [6.45, 7) is 0.445. The Morgan fingerprint density at radius 2 is 1.95 bits per heavy atom. The zero-order valence-electron chi connectivity index (χ0n) is 11.3. The van der Waals surface area contributed by atoms with Gasteiger partial charge < -0.3 is 10.0 Å². The second kappa shape index (κ2) is 6.49. The van der Waals surface area contributed by atoms with E-state index in [1.165, 1.54) is 18.3 Å². The van der Waals surface area contributed by atoms with E-state index in [4.69, 9.17) is 5.11 Å². The van der Waals surface area contributed by atoms with Crippen molar-refractivity contribution in [1.29, 1.82) is 0 Å². The highest BCUT2D eigenvalue weighted by Crippen LogP contribution is 2.18. The Hall–Kier alpha value is -2.21. The predicted molar refractivity (Wildman–Crippen MR) is 81.1 cm³/mol. The van der Waals surface area contributed by atoms with E-state index in [2.05, 4.69) is 20.9 Å². The van der Waals surface area contributed by atoms with E-state index in [0.717, 1.165) is 10.0 Å². The van der Waals surface area contributed by atoms with Crippen molar-refractivity contribution in [1.82, 2.24) is 9.88 Å². The largest absolute Gasteiger partial charge is 0.477 e. The molecule has 1 aromatic carbocycles. The molecule has 21 heavy (non-hydrogen) atoms. The van der Waals surface area contributed by atoms with Crippen LogP contribution < -0.4 is 0 Å². The Kier molecular flexibility index (Phi) is 4.70. The summed E-state index contributed by atoms with van der Waals surface area (Å²) in [5.74, 6) is -1.33. The molecule has 0 bridgehead atoms. The summed E-state index contributed by atoms with van der Waals surface area (Å²) in [4.78, 5) is 28.3. The zero-order valence-corrected chi connectivity index (χ0v) is 12.9. The lowest BCUT2D eigenvalue weighted by atomic mass is 10.2. The number of aromatic carboxylic acids is 1. The molecule has 0 spiro atoms. The quantitative estimate of drug-likeness (QED) is 0.922. The number of rotatable bonds is 4. The average molecular weight is 349 g/mol. The van der Waals surface area contributed by atoms with Crippen LogP contribution in [-0.4, -0.2) is 33.9 Å². The van der Waals surface area contributed by atoms with Gasteiger partial charge in [-0.25, -0.2) is 9.78 Å². The van der Waals surface area contributed by atoms with Crippen molar-refractivity contribution in [3.8, 4) is 0 Å². The zero-order chi connectivity index (χ0) is 15.4. The van der Waals surface area contributed by atoms with Gasteiger partial charge in [-0.15, -0.1) is 0 Å². The van der Waals surface area contributed by atoms with Crippen molar-refractivity contribution in [2.75, 3.05) is 7.05 Å². The minimum atomic E-state index is -1.12. The minimum Gasteiger partial charge on any atom is -0.477 e. The Bertz CT molecular complexity index is 671. The van der Waals surface area contributed by atoms with Crippen molar-refractivity contribution < 1.29 is 14.7 Å². The van der Waals surface area contributed by atoms with E-state index in [1.54, 1.807) is 11.9 Å². The SMILES string of the molecule is CN(Cc1ccccc1Br)C(=O)c1ccc(C(=O)O)nc1. The van der Waals surface area contributed by atoms with Crippen molar-refractivity contribution in [2.24, 2.45) is 0 Å². The van der Waals surface area contributed by atoms with Crippen LogP contribution in [0.4, 0.5) is 0 Å². The smallest absolute Gasteiger partial charge is 0.354 e. The summed E-state index contributed by atoms with van der Waals surface area (Å²) in [6, 6.07) is 10.4. The average Bonchev–Trinajstić information content (AvgIpc) is 2.49. The van der Waals surface area contributed by atoms with Crippen LogP contribution in [0, 0.1) is 0 Å². The number of hydrogen-bond donors (Lipinski definition) is 1. The third-order valence-electron chi connectivity index (χ3n) is 2.94. The van der Waals surface area contributed by atoms with E-state index >= 15 is 0 Å². The molecule has 1 aromatic heterocycles. The third kappa shape index (κ3) is 3.66. The summed E-state index contributed by atoms with van der Waals surface area (Å²) < 4.78 is 0.934. The van der Waals surface area contributed by atoms with Crippen LogP contribution in [0.2, 0.25) is 0 Å². The standard InChI is InChI=1S/C15H13BrN2O3/c1-18(9-11-4-2-3-5-12(11)16)14(19)10-6-7-13(15(20)21)17-8-10/h2-8H,9H2,1H3,(H,20,21). The first-order valence-corrected chi connectivity index (χ1v) is 6.96. The number of carbonyl (C=O) groups is 2. The van der Waals surface area contributed by atoms with Crippen LogP contribution in [0.1, 0.15) is 26.4 Å². The number of amides is 1. The molecule has 6 heteroatoms. The van der Waals surface area contributed by atoms with Gasteiger partial charge in [-0.05, 0) is 23.8 Å². The molecule has 1 amide bonds. The number of pyridine rings is 1. The van der Waals surface area contributed by atoms with Gasteiger partial charge in [-0.1, -0.05) is 34.1 Å². The summed E-state index contributed by atoms with van der Waals surface area (Å²) in [5, 5.41) is 8.79. The number of hydrogen-bond acceptors (Lipinski definition) is 3. The fraction of sp³-hybridized carbons (Fsp3) is 0.133. The van der Waals surface area contributed by atoms with E-state index in [0.29, 0.717) is 12.1 Å². The molecular weight excluding hydrogens is 336 g/mol. The number of carboxylic acid groups (broad SMARTS) is 1. The number of carbonyl (C=O) groups excluding carboxylic acids is 1. The molecule has 2 rings (SSSR count). The molecular formula is C15H13BrN2O3. The van der Waals surface area contributed by atoms with Crippen molar-refractivity contribution in [3.05, 3.63) is 63.9 Å². The topological polar surface area (TPSA) is 70.5 Å². The Balaban J connectivity index is 2.12. The second-order valence-corrected chi connectivity index (χ2v) is 5.34. The van der Waals surface area contributed by atoms with Crippen LogP contribution in [0.5, 0.6) is 0 Å². The Morgan fingerprint density at radius 3 is 2.52 bits per heavy atom. The molecule has 0 radical (unpaired) electrons. The molecule has 0 fully saturated rings. The fourth-order valence-electron chi connectivity index (χ4n) is 1.82. The molecule has 0 atom stereocenters. The van der Waals surface area contributed by atoms with Gasteiger partial charge in [0, 0.05) is 24.3 Å². The highest BCUT2D eigenvalue weighted by molar-refractivity contribution is 9.10. The number of aromatic nitrogens is 1. The molecule has 0 aliphatic rings. The lowest BCUT2D eigenvalue weighted by Gasteiger charge is -2.18. The van der Waals surface area contributed by atoms with Crippen molar-refractivity contribution >= 4 is 27.8 Å². The first kappa shape index (κ1) is 15.2. The molecule has 1 heterocycles. The van der Waals surface area contributed by atoms with Gasteiger partial charge in [0.15, 0.2) is 0 Å². The predicted octanol–water partition coefficient (Wildman–Crippen LogP) is 2.81. The normalized spacial score (nSPS) is 10.2. The van der Waals surface area contributed by atoms with E-state index in [1.807, 2.05) is 24.3 Å². The Morgan fingerprint density at radius 1 is 1.24 bits per heavy atom. The maximum atomic E-state index is 12.3. The minimum absolute atomic E-state index is 0.0833. The van der Waals surface area contributed by atoms with Crippen LogP contribution in [0.25, 0.3) is 0 Å². The number of carboxylic acids is 1. The van der Waals surface area contributed by atoms with Crippen molar-refractivity contribution in [2.45, 2.75) is 6.54 Å². The highest BCUT2D eigenvalue weighted by Gasteiger charge is 2.14. The van der Waals surface area contributed by atoms with Crippen LogP contribution in [0.3, 0.4) is 0 Å². The third-order valence-corrected chi connectivity index (χ3v) is 3.72. The molecule has 0 aliphatic heterocycles. The molecule has 0 saturated carbocycles. The lowest BCUT2D eigenvalue weighted by Crippen LogP contribution is -2.26. The van der Waals surface area contributed by atoms with Gasteiger partial charge in [0.2, 0.25) is 0 Å². The van der Waals surface area contributed by atoms with Gasteiger partial charge in [0.25, 0.3) is 5.91 Å². The molecule has 0 unspecified atom stereocenters. The van der Waals surface area contributed by atoms with Gasteiger partial charge in [0.1, 0.15) is 5.69 Å². The number of nitrogens with zero attached hydrogens (tertiary/aromatic N) is 2. The maximum Gasteiger partial charge on any atom is 0.354 e. The van der Waals surface area contributed by atoms with Gasteiger partial charge in [0.05, 0.1) is 5.56 Å². The van der Waals surface area contributed by atoms with E-state index in [-0.39, 0.29) is 11.6 Å². The number of halogens is 1. The van der Waals surface area contributed by atoms with E-state index < -0.39 is 5.97 Å². The van der Waals surface area contributed by atoms with Crippen LogP contribution >= 0.6 is 15.9 Å². The summed E-state index contributed by atoms with van der Waals surface area (Å²) in [7, 11) is 1.69. The van der Waals surface area contributed by atoms with Crippen molar-refractivity contribution in [3.63, 3.8) is 0 Å². The van der Waals surface area contributed by atoms with E-state index in [9.17, 15) is 9.59 Å². The lowest BCUT2D eigenvalue weighted by molar-refractivity contribution is 0.0688. The first-order valence-electron chi connectivity index (χ1n) is 6.17. The molecule has 2 aromatic rings. The number of benzene rings is 1.